The summed E-state index contributed by atoms with van der Waals surface area (Å²) >= 11 is 0. The second-order valence-electron chi connectivity index (χ2n) is 15.8. The van der Waals surface area contributed by atoms with Crippen LogP contribution in [0.25, 0.3) is 0 Å². The first-order valence-corrected chi connectivity index (χ1v) is 23.4. The summed E-state index contributed by atoms with van der Waals surface area (Å²) in [7, 11) is 0. The number of allylic oxidation sites excluding steroid dienone is 4. The molecule has 0 spiro atoms. The molecule has 0 amide bonds. The number of carbonyl (C=O) groups is 2. The van der Waals surface area contributed by atoms with Crippen LogP contribution in [0.15, 0.2) is 24.3 Å². The molecule has 5 heteroatoms. The third-order valence-corrected chi connectivity index (χ3v) is 10.5. The third-order valence-electron chi connectivity index (χ3n) is 10.5. The lowest BCUT2D eigenvalue weighted by Crippen LogP contribution is -2.28. The Bertz CT molecular complexity index is 806. The monoisotopic (exact) mass is 747 g/mol. The number of esters is 2. The van der Waals surface area contributed by atoms with Crippen molar-refractivity contribution >= 4 is 11.9 Å². The highest BCUT2D eigenvalue weighted by Gasteiger charge is 2.16. The minimum absolute atomic E-state index is 0.0601. The lowest BCUT2D eigenvalue weighted by atomic mass is 10.0. The molecule has 1 N–H and O–H groups in total. The van der Waals surface area contributed by atoms with Crippen molar-refractivity contribution in [1.29, 1.82) is 0 Å². The largest absolute Gasteiger partial charge is 0.462 e. The zero-order valence-electron chi connectivity index (χ0n) is 35.5. The van der Waals surface area contributed by atoms with E-state index >= 15 is 0 Å². The van der Waals surface area contributed by atoms with E-state index in [1.807, 2.05) is 0 Å². The summed E-state index contributed by atoms with van der Waals surface area (Å²) in [6, 6.07) is 0. The van der Waals surface area contributed by atoms with Crippen molar-refractivity contribution in [3.05, 3.63) is 24.3 Å². The molecule has 0 heterocycles. The van der Waals surface area contributed by atoms with E-state index in [0.29, 0.717) is 12.8 Å². The summed E-state index contributed by atoms with van der Waals surface area (Å²) in [6.07, 6.45) is 54.2. The maximum atomic E-state index is 12.2. The van der Waals surface area contributed by atoms with Crippen LogP contribution in [0.4, 0.5) is 0 Å². The number of hydrogen-bond acceptors (Lipinski definition) is 5. The van der Waals surface area contributed by atoms with Crippen molar-refractivity contribution in [3.63, 3.8) is 0 Å². The van der Waals surface area contributed by atoms with Gasteiger partial charge >= 0.3 is 11.9 Å². The highest BCUT2D eigenvalue weighted by molar-refractivity contribution is 5.70. The van der Waals surface area contributed by atoms with Crippen molar-refractivity contribution in [3.8, 4) is 0 Å². The summed E-state index contributed by atoms with van der Waals surface area (Å²) in [5.41, 5.74) is 0. The normalized spacial score (nSPS) is 12.3. The summed E-state index contributed by atoms with van der Waals surface area (Å²) in [6.45, 7) is 4.13. The molecule has 0 saturated carbocycles. The van der Waals surface area contributed by atoms with E-state index in [2.05, 4.69) is 38.2 Å². The summed E-state index contributed by atoms with van der Waals surface area (Å²) in [5, 5.41) is 9.56. The van der Waals surface area contributed by atoms with E-state index in [9.17, 15) is 14.7 Å². The van der Waals surface area contributed by atoms with E-state index in [4.69, 9.17) is 9.47 Å². The fourth-order valence-electron chi connectivity index (χ4n) is 6.94. The zero-order valence-corrected chi connectivity index (χ0v) is 35.5. The lowest BCUT2D eigenvalue weighted by Gasteiger charge is -2.15. The quantitative estimate of drug-likeness (QED) is 0.0382. The van der Waals surface area contributed by atoms with Crippen LogP contribution in [0.1, 0.15) is 251 Å². The zero-order chi connectivity index (χ0) is 38.6. The van der Waals surface area contributed by atoms with Crippen LogP contribution in [-0.2, 0) is 19.1 Å². The van der Waals surface area contributed by atoms with Gasteiger partial charge in [-0.3, -0.25) is 9.59 Å². The topological polar surface area (TPSA) is 72.8 Å². The van der Waals surface area contributed by atoms with Gasteiger partial charge in [-0.25, -0.2) is 0 Å². The molecule has 0 aliphatic carbocycles. The Balaban J connectivity index is 3.42. The molecule has 0 bridgehead atoms. The van der Waals surface area contributed by atoms with Gasteiger partial charge in [0.2, 0.25) is 0 Å². The summed E-state index contributed by atoms with van der Waals surface area (Å²) in [5.74, 6) is -0.581. The van der Waals surface area contributed by atoms with Crippen molar-refractivity contribution in [1.82, 2.24) is 0 Å². The first-order chi connectivity index (χ1) is 26.1. The molecular formula is C48H90O5. The fourth-order valence-corrected chi connectivity index (χ4v) is 6.94. The molecule has 0 saturated heterocycles. The van der Waals surface area contributed by atoms with E-state index in [1.165, 1.54) is 180 Å². The molecule has 0 fully saturated rings. The number of carbonyl (C=O) groups excluding carboxylic acids is 2. The first kappa shape index (κ1) is 51.4. The summed E-state index contributed by atoms with van der Waals surface area (Å²) < 4.78 is 10.6. The Morgan fingerprint density at radius 2 is 0.755 bits per heavy atom. The van der Waals surface area contributed by atoms with Crippen molar-refractivity contribution in [2.75, 3.05) is 13.2 Å². The molecule has 1 atom stereocenters. The number of aliphatic hydroxyl groups is 1. The van der Waals surface area contributed by atoms with Gasteiger partial charge in [-0.05, 0) is 44.9 Å². The second kappa shape index (κ2) is 44.8. The van der Waals surface area contributed by atoms with Crippen LogP contribution in [0.5, 0.6) is 0 Å². The standard InChI is InChI=1S/C48H90O5/c1-3-5-7-9-11-13-15-16-17-18-19-20-21-22-23-24-25-26-27-28-29-30-31-32-33-35-37-39-41-43-48(51)53-46(44-49)45-52-47(50)42-40-38-36-34-14-12-10-8-6-4-2/h15-16,18-19,46,49H,3-14,17,20-45H2,1-2H3/b16-15-,19-18-. The van der Waals surface area contributed by atoms with Crippen molar-refractivity contribution < 1.29 is 24.2 Å². The van der Waals surface area contributed by atoms with Gasteiger partial charge in [0.05, 0.1) is 6.61 Å². The Labute approximate surface area is 330 Å². The van der Waals surface area contributed by atoms with Crippen LogP contribution in [0.3, 0.4) is 0 Å². The molecule has 1 unspecified atom stereocenters. The van der Waals surface area contributed by atoms with E-state index < -0.39 is 6.10 Å². The minimum atomic E-state index is -0.765. The number of rotatable bonds is 43. The average molecular weight is 747 g/mol. The van der Waals surface area contributed by atoms with Crippen molar-refractivity contribution in [2.45, 2.75) is 258 Å². The first-order valence-electron chi connectivity index (χ1n) is 23.4. The Kier molecular flexibility index (Phi) is 43.4. The van der Waals surface area contributed by atoms with Crippen LogP contribution < -0.4 is 0 Å². The van der Waals surface area contributed by atoms with Gasteiger partial charge in [-0.2, -0.15) is 0 Å². The maximum Gasteiger partial charge on any atom is 0.306 e. The molecule has 0 aromatic rings. The third kappa shape index (κ3) is 43.0. The molecule has 0 radical (unpaired) electrons. The average Bonchev–Trinajstić information content (AvgIpc) is 3.16. The predicted octanol–water partition coefficient (Wildman–Crippen LogP) is 15.0. The molecule has 5 nitrogen and oxygen atoms in total. The van der Waals surface area contributed by atoms with Gasteiger partial charge < -0.3 is 14.6 Å². The number of ether oxygens (including phenoxy) is 2. The van der Waals surface area contributed by atoms with Gasteiger partial charge in [0.1, 0.15) is 6.61 Å². The fraction of sp³-hybridized carbons (Fsp3) is 0.875. The predicted molar refractivity (Wildman–Crippen MR) is 228 cm³/mol. The van der Waals surface area contributed by atoms with Gasteiger partial charge in [0.15, 0.2) is 6.10 Å². The SMILES string of the molecule is CCCCCCC/C=C\C/C=C\CCCCCCCCCCCCCCCCCCCC(=O)OC(CO)COC(=O)CCCCCCCCCCCC. The van der Waals surface area contributed by atoms with Gasteiger partial charge in [0, 0.05) is 12.8 Å². The van der Waals surface area contributed by atoms with E-state index in [1.54, 1.807) is 0 Å². The highest BCUT2D eigenvalue weighted by Crippen LogP contribution is 2.16. The summed E-state index contributed by atoms with van der Waals surface area (Å²) in [4.78, 5) is 24.3. The van der Waals surface area contributed by atoms with E-state index in [-0.39, 0.29) is 25.2 Å². The van der Waals surface area contributed by atoms with Gasteiger partial charge in [-0.15, -0.1) is 0 Å². The van der Waals surface area contributed by atoms with Crippen LogP contribution in [0, 0.1) is 0 Å². The smallest absolute Gasteiger partial charge is 0.306 e. The van der Waals surface area contributed by atoms with Crippen LogP contribution in [-0.4, -0.2) is 36.4 Å². The molecule has 0 aromatic carbocycles. The molecule has 0 aliphatic heterocycles. The Morgan fingerprint density at radius 1 is 0.434 bits per heavy atom. The Morgan fingerprint density at radius 3 is 1.11 bits per heavy atom. The number of unbranched alkanes of at least 4 members (excludes halogenated alkanes) is 31. The highest BCUT2D eigenvalue weighted by atomic mass is 16.6. The molecular weight excluding hydrogens is 657 g/mol. The van der Waals surface area contributed by atoms with Crippen LogP contribution in [0.2, 0.25) is 0 Å². The minimum Gasteiger partial charge on any atom is -0.462 e. The molecule has 0 aromatic heterocycles. The maximum absolute atomic E-state index is 12.2. The van der Waals surface area contributed by atoms with Gasteiger partial charge in [0.25, 0.3) is 0 Å². The molecule has 0 rings (SSSR count). The molecule has 0 aliphatic rings. The number of hydrogen-bond donors (Lipinski definition) is 1. The molecule has 312 valence electrons. The number of aliphatic hydroxyl groups excluding tert-OH is 1. The van der Waals surface area contributed by atoms with E-state index in [0.717, 1.165) is 44.9 Å². The molecule has 53 heavy (non-hydrogen) atoms. The van der Waals surface area contributed by atoms with Gasteiger partial charge in [-0.1, -0.05) is 218 Å². The van der Waals surface area contributed by atoms with Crippen LogP contribution >= 0.6 is 0 Å². The van der Waals surface area contributed by atoms with Crippen molar-refractivity contribution in [2.24, 2.45) is 0 Å². The second-order valence-corrected chi connectivity index (χ2v) is 15.8. The lowest BCUT2D eigenvalue weighted by molar-refractivity contribution is -0.161. The Hall–Kier alpha value is -1.62.